The number of amides is 1. The number of hydrogen-bond acceptors (Lipinski definition) is 6. The Morgan fingerprint density at radius 1 is 1.07 bits per heavy atom. The Bertz CT molecular complexity index is 1040. The highest BCUT2D eigenvalue weighted by Crippen LogP contribution is 2.38. The largest absolute Gasteiger partial charge is 0.493 e. The number of para-hydroxylation sites is 1. The number of methoxy groups -OCH3 is 3. The van der Waals surface area contributed by atoms with E-state index in [0.29, 0.717) is 28.2 Å². The van der Waals surface area contributed by atoms with E-state index < -0.39 is 0 Å². The Hall–Kier alpha value is -3.55. The third-order valence-electron chi connectivity index (χ3n) is 4.26. The maximum atomic E-state index is 12.5. The molecular weight excluding hydrogens is 362 g/mol. The minimum atomic E-state index is -0.312. The molecule has 0 unspecified atom stereocenters. The van der Waals surface area contributed by atoms with Gasteiger partial charge >= 0.3 is 0 Å². The van der Waals surface area contributed by atoms with Gasteiger partial charge in [-0.3, -0.25) is 14.2 Å². The lowest BCUT2D eigenvalue weighted by Gasteiger charge is -2.14. The number of rotatable bonds is 7. The summed E-state index contributed by atoms with van der Waals surface area (Å²) in [5.41, 5.74) is 1.11. The Labute approximate surface area is 161 Å². The quantitative estimate of drug-likeness (QED) is 0.668. The van der Waals surface area contributed by atoms with Crippen molar-refractivity contribution in [3.05, 3.63) is 58.6 Å². The van der Waals surface area contributed by atoms with E-state index in [1.807, 2.05) is 6.07 Å². The van der Waals surface area contributed by atoms with Crippen LogP contribution in [0.1, 0.15) is 5.56 Å². The van der Waals surface area contributed by atoms with Gasteiger partial charge in [-0.1, -0.05) is 12.1 Å². The molecule has 0 atom stereocenters. The average Bonchev–Trinajstić information content (AvgIpc) is 2.73. The summed E-state index contributed by atoms with van der Waals surface area (Å²) in [6.07, 6.45) is 1.38. The summed E-state index contributed by atoms with van der Waals surface area (Å²) in [5.74, 6) is 1.17. The van der Waals surface area contributed by atoms with Gasteiger partial charge in [0.25, 0.3) is 5.56 Å². The lowest BCUT2D eigenvalue weighted by atomic mass is 10.1. The molecule has 0 aliphatic heterocycles. The summed E-state index contributed by atoms with van der Waals surface area (Å²) in [4.78, 5) is 29.0. The van der Waals surface area contributed by atoms with E-state index >= 15 is 0 Å². The van der Waals surface area contributed by atoms with Crippen molar-refractivity contribution in [3.63, 3.8) is 0 Å². The van der Waals surface area contributed by atoms with Crippen molar-refractivity contribution in [2.75, 3.05) is 21.3 Å². The van der Waals surface area contributed by atoms with Crippen LogP contribution < -0.4 is 25.1 Å². The molecule has 0 radical (unpaired) electrons. The molecule has 0 spiro atoms. The van der Waals surface area contributed by atoms with Crippen LogP contribution in [-0.4, -0.2) is 36.8 Å². The fourth-order valence-electron chi connectivity index (χ4n) is 2.87. The second-order valence-electron chi connectivity index (χ2n) is 6.01. The third kappa shape index (κ3) is 3.90. The topological polar surface area (TPSA) is 91.7 Å². The number of carbonyl (C=O) groups is 1. The molecule has 8 heteroatoms. The number of fused-ring (bicyclic) bond motifs is 1. The van der Waals surface area contributed by atoms with Crippen LogP contribution in [0.25, 0.3) is 10.9 Å². The van der Waals surface area contributed by atoms with Gasteiger partial charge < -0.3 is 19.5 Å². The van der Waals surface area contributed by atoms with Gasteiger partial charge in [-0.15, -0.1) is 0 Å². The van der Waals surface area contributed by atoms with Crippen LogP contribution in [0, 0.1) is 0 Å². The van der Waals surface area contributed by atoms with Gasteiger partial charge in [-0.2, -0.15) is 0 Å². The molecule has 146 valence electrons. The molecule has 0 saturated carbocycles. The summed E-state index contributed by atoms with van der Waals surface area (Å²) in [7, 11) is 4.58. The average molecular weight is 383 g/mol. The fourth-order valence-corrected chi connectivity index (χ4v) is 2.87. The van der Waals surface area contributed by atoms with E-state index in [0.717, 1.165) is 5.56 Å². The highest BCUT2D eigenvalue weighted by molar-refractivity contribution is 5.78. The zero-order chi connectivity index (χ0) is 20.1. The molecule has 0 bridgehead atoms. The van der Waals surface area contributed by atoms with Crippen LogP contribution in [0.15, 0.2) is 47.5 Å². The molecule has 0 aliphatic rings. The smallest absolute Gasteiger partial charge is 0.261 e. The number of ether oxygens (including phenoxy) is 3. The molecule has 28 heavy (non-hydrogen) atoms. The Morgan fingerprint density at radius 2 is 1.75 bits per heavy atom. The molecule has 0 saturated heterocycles. The number of nitrogens with zero attached hydrogens (tertiary/aromatic N) is 2. The molecule has 0 fully saturated rings. The van der Waals surface area contributed by atoms with Crippen LogP contribution >= 0.6 is 0 Å². The molecule has 3 aromatic rings. The highest BCUT2D eigenvalue weighted by atomic mass is 16.5. The highest BCUT2D eigenvalue weighted by Gasteiger charge is 2.14. The number of nitrogens with one attached hydrogen (secondary N) is 1. The maximum absolute atomic E-state index is 12.5. The predicted octanol–water partition coefficient (Wildman–Crippen LogP) is 1.74. The minimum Gasteiger partial charge on any atom is -0.493 e. The summed E-state index contributed by atoms with van der Waals surface area (Å²) in [6.45, 7) is 0.117. The number of benzene rings is 2. The standard InChI is InChI=1S/C20H21N3O5/c1-26-16-8-13(9-17(27-2)19(16)28-3)10-21-18(24)11-23-12-22-15-7-5-4-6-14(15)20(23)25/h4-9,12H,10-11H2,1-3H3,(H,21,24). The fraction of sp³-hybridized carbons (Fsp3) is 0.250. The minimum absolute atomic E-state index is 0.124. The van der Waals surface area contributed by atoms with Gasteiger partial charge in [0.1, 0.15) is 6.54 Å². The van der Waals surface area contributed by atoms with E-state index in [1.54, 1.807) is 30.3 Å². The number of carbonyl (C=O) groups excluding carboxylic acids is 1. The van der Waals surface area contributed by atoms with Gasteiger partial charge in [0.15, 0.2) is 11.5 Å². The van der Waals surface area contributed by atoms with E-state index in [-0.39, 0.29) is 24.6 Å². The summed E-state index contributed by atoms with van der Waals surface area (Å²) < 4.78 is 17.2. The van der Waals surface area contributed by atoms with Crippen molar-refractivity contribution in [2.24, 2.45) is 0 Å². The lowest BCUT2D eigenvalue weighted by Crippen LogP contribution is -2.32. The first-order valence-corrected chi connectivity index (χ1v) is 8.57. The van der Waals surface area contributed by atoms with E-state index in [9.17, 15) is 9.59 Å². The molecule has 1 amide bonds. The maximum Gasteiger partial charge on any atom is 0.261 e. The van der Waals surface area contributed by atoms with Crippen molar-refractivity contribution < 1.29 is 19.0 Å². The number of aromatic nitrogens is 2. The van der Waals surface area contributed by atoms with Crippen molar-refractivity contribution in [1.29, 1.82) is 0 Å². The van der Waals surface area contributed by atoms with Crippen molar-refractivity contribution >= 4 is 16.8 Å². The van der Waals surface area contributed by atoms with E-state index in [1.165, 1.54) is 32.2 Å². The Kier molecular flexibility index (Phi) is 5.78. The van der Waals surface area contributed by atoms with Gasteiger partial charge in [0.2, 0.25) is 11.7 Å². The van der Waals surface area contributed by atoms with Crippen LogP contribution in [0.2, 0.25) is 0 Å². The Morgan fingerprint density at radius 3 is 2.39 bits per heavy atom. The van der Waals surface area contributed by atoms with Crippen LogP contribution in [-0.2, 0) is 17.9 Å². The Balaban J connectivity index is 1.73. The third-order valence-corrected chi connectivity index (χ3v) is 4.26. The molecule has 2 aromatic carbocycles. The summed E-state index contributed by atoms with van der Waals surface area (Å²) >= 11 is 0. The number of hydrogen-bond donors (Lipinski definition) is 1. The summed E-state index contributed by atoms with van der Waals surface area (Å²) in [6, 6.07) is 10.5. The molecule has 1 N–H and O–H groups in total. The first-order valence-electron chi connectivity index (χ1n) is 8.57. The lowest BCUT2D eigenvalue weighted by molar-refractivity contribution is -0.121. The van der Waals surface area contributed by atoms with Gasteiger partial charge in [0.05, 0.1) is 38.6 Å². The molecule has 1 heterocycles. The van der Waals surface area contributed by atoms with Crippen LogP contribution in [0.5, 0.6) is 17.2 Å². The monoisotopic (exact) mass is 383 g/mol. The first kappa shape index (κ1) is 19.2. The van der Waals surface area contributed by atoms with E-state index in [2.05, 4.69) is 10.3 Å². The van der Waals surface area contributed by atoms with Crippen molar-refractivity contribution in [1.82, 2.24) is 14.9 Å². The normalized spacial score (nSPS) is 10.5. The second kappa shape index (κ2) is 8.43. The van der Waals surface area contributed by atoms with Crippen molar-refractivity contribution in [3.8, 4) is 17.2 Å². The summed E-state index contributed by atoms with van der Waals surface area (Å²) in [5, 5.41) is 3.26. The zero-order valence-electron chi connectivity index (χ0n) is 15.9. The predicted molar refractivity (Wildman–Crippen MR) is 104 cm³/mol. The SMILES string of the molecule is COc1cc(CNC(=O)Cn2cnc3ccccc3c2=O)cc(OC)c1OC. The van der Waals surface area contributed by atoms with Crippen LogP contribution in [0.3, 0.4) is 0 Å². The first-order chi connectivity index (χ1) is 13.6. The van der Waals surface area contributed by atoms with Crippen LogP contribution in [0.4, 0.5) is 0 Å². The molecule has 1 aromatic heterocycles. The molecule has 0 aliphatic carbocycles. The molecular formula is C20H21N3O5. The molecule has 8 nitrogen and oxygen atoms in total. The van der Waals surface area contributed by atoms with Gasteiger partial charge in [-0.25, -0.2) is 4.98 Å². The molecule has 3 rings (SSSR count). The van der Waals surface area contributed by atoms with Gasteiger partial charge in [0, 0.05) is 6.54 Å². The van der Waals surface area contributed by atoms with E-state index in [4.69, 9.17) is 14.2 Å². The van der Waals surface area contributed by atoms with Crippen molar-refractivity contribution in [2.45, 2.75) is 13.1 Å². The second-order valence-corrected chi connectivity index (χ2v) is 6.01. The van der Waals surface area contributed by atoms with Gasteiger partial charge in [-0.05, 0) is 29.8 Å². The zero-order valence-corrected chi connectivity index (χ0v) is 15.9.